The highest BCUT2D eigenvalue weighted by Crippen LogP contribution is 2.39. The van der Waals surface area contributed by atoms with E-state index in [0.29, 0.717) is 27.8 Å². The van der Waals surface area contributed by atoms with Gasteiger partial charge < -0.3 is 20.2 Å². The van der Waals surface area contributed by atoms with Crippen LogP contribution in [-0.4, -0.2) is 18.9 Å². The third-order valence-corrected chi connectivity index (χ3v) is 6.11. The minimum Gasteiger partial charge on any atom is -0.493 e. The molecule has 0 unspecified atom stereocenters. The van der Waals surface area contributed by atoms with Gasteiger partial charge in [0.1, 0.15) is 5.00 Å². The lowest BCUT2D eigenvalue weighted by Gasteiger charge is -2.18. The number of furan rings is 1. The van der Waals surface area contributed by atoms with Gasteiger partial charge in [-0.05, 0) is 42.9 Å². The molecule has 140 valence electrons. The number of carbonyl (C=O) groups excluding carboxylic acids is 2. The van der Waals surface area contributed by atoms with Gasteiger partial charge >= 0.3 is 0 Å². The number of para-hydroxylation sites is 1. The molecule has 2 aromatic heterocycles. The molecular weight excluding hydrogens is 364 g/mol. The molecule has 1 aromatic carbocycles. The number of nitrogens with two attached hydrogens (primary N) is 1. The van der Waals surface area contributed by atoms with Gasteiger partial charge in [0.2, 0.25) is 0 Å². The molecule has 0 saturated carbocycles. The zero-order valence-electron chi connectivity index (χ0n) is 15.1. The molecule has 2 heterocycles. The van der Waals surface area contributed by atoms with Gasteiger partial charge in [-0.1, -0.05) is 19.1 Å². The van der Waals surface area contributed by atoms with Crippen LogP contribution in [0.4, 0.5) is 5.00 Å². The molecule has 7 heteroatoms. The Morgan fingerprint density at radius 1 is 1.37 bits per heavy atom. The normalized spacial score (nSPS) is 16.1. The highest BCUT2D eigenvalue weighted by atomic mass is 32.1. The van der Waals surface area contributed by atoms with E-state index in [9.17, 15) is 9.59 Å². The van der Waals surface area contributed by atoms with Crippen LogP contribution in [0.2, 0.25) is 0 Å². The Kier molecular flexibility index (Phi) is 4.39. The first-order chi connectivity index (χ1) is 13.0. The number of anilines is 1. The van der Waals surface area contributed by atoms with Gasteiger partial charge in [0.05, 0.1) is 12.7 Å². The highest BCUT2D eigenvalue weighted by molar-refractivity contribution is 7.17. The molecule has 0 radical (unpaired) electrons. The summed E-state index contributed by atoms with van der Waals surface area (Å²) in [6, 6.07) is 7.11. The molecule has 1 aliphatic carbocycles. The predicted octanol–water partition coefficient (Wildman–Crippen LogP) is 3.98. The lowest BCUT2D eigenvalue weighted by Crippen LogP contribution is -2.19. The number of methoxy groups -OCH3 is 1. The Hall–Kier alpha value is -2.80. The number of ether oxygens (including phenoxy) is 1. The number of thiophene rings is 1. The van der Waals surface area contributed by atoms with E-state index in [1.165, 1.54) is 11.3 Å². The first kappa shape index (κ1) is 17.6. The van der Waals surface area contributed by atoms with E-state index in [1.54, 1.807) is 19.2 Å². The molecule has 0 saturated heterocycles. The minimum atomic E-state index is -0.511. The van der Waals surface area contributed by atoms with E-state index in [4.69, 9.17) is 14.9 Å². The molecule has 0 aliphatic heterocycles. The first-order valence-electron chi connectivity index (χ1n) is 8.80. The molecule has 6 nitrogen and oxygen atoms in total. The van der Waals surface area contributed by atoms with Crippen molar-refractivity contribution in [2.24, 2.45) is 11.7 Å². The number of nitrogens with one attached hydrogen (secondary N) is 1. The predicted molar refractivity (Wildman–Crippen MR) is 105 cm³/mol. The van der Waals surface area contributed by atoms with Crippen molar-refractivity contribution in [1.29, 1.82) is 0 Å². The van der Waals surface area contributed by atoms with Gasteiger partial charge in [0.15, 0.2) is 17.1 Å². The van der Waals surface area contributed by atoms with Crippen molar-refractivity contribution in [2.45, 2.75) is 26.2 Å². The molecule has 0 bridgehead atoms. The van der Waals surface area contributed by atoms with Gasteiger partial charge in [-0.2, -0.15) is 0 Å². The fourth-order valence-electron chi connectivity index (χ4n) is 3.57. The molecule has 1 aliphatic rings. The second kappa shape index (κ2) is 6.74. The second-order valence-corrected chi connectivity index (χ2v) is 7.97. The largest absolute Gasteiger partial charge is 0.493 e. The van der Waals surface area contributed by atoms with Crippen LogP contribution < -0.4 is 15.8 Å². The highest BCUT2D eigenvalue weighted by Gasteiger charge is 2.28. The lowest BCUT2D eigenvalue weighted by atomic mass is 9.88. The van der Waals surface area contributed by atoms with Gasteiger partial charge in [0.25, 0.3) is 11.8 Å². The molecule has 3 N–H and O–H groups in total. The van der Waals surface area contributed by atoms with Crippen molar-refractivity contribution in [3.05, 3.63) is 46.0 Å². The standard InChI is InChI=1S/C20H20N2O4S/c1-10-6-7-12-15(8-10)27-20(16(12)18(21)23)22-19(24)14-9-11-4-3-5-13(25-2)17(11)26-14/h3-5,9-10H,6-8H2,1-2H3,(H2,21,23)(H,22,24)/t10-/m1/s1. The molecule has 2 amide bonds. The van der Waals surface area contributed by atoms with Crippen LogP contribution in [0, 0.1) is 5.92 Å². The second-order valence-electron chi connectivity index (χ2n) is 6.86. The zero-order valence-corrected chi connectivity index (χ0v) is 15.9. The Labute approximate surface area is 160 Å². The maximum atomic E-state index is 12.7. The fraction of sp³-hybridized carbons (Fsp3) is 0.300. The van der Waals surface area contributed by atoms with Crippen molar-refractivity contribution in [3.8, 4) is 5.75 Å². The Morgan fingerprint density at radius 3 is 2.93 bits per heavy atom. The van der Waals surface area contributed by atoms with Crippen molar-refractivity contribution in [1.82, 2.24) is 0 Å². The first-order valence-corrected chi connectivity index (χ1v) is 9.61. The number of rotatable bonds is 4. The summed E-state index contributed by atoms with van der Waals surface area (Å²) in [5.41, 5.74) is 7.53. The topological polar surface area (TPSA) is 94.6 Å². The molecule has 0 fully saturated rings. The number of fused-ring (bicyclic) bond motifs is 2. The summed E-state index contributed by atoms with van der Waals surface area (Å²) in [5.74, 6) is 0.351. The van der Waals surface area contributed by atoms with Crippen LogP contribution in [0.5, 0.6) is 5.75 Å². The molecule has 4 rings (SSSR count). The van der Waals surface area contributed by atoms with Crippen LogP contribution >= 0.6 is 11.3 Å². The number of benzene rings is 1. The van der Waals surface area contributed by atoms with Gasteiger partial charge in [-0.3, -0.25) is 9.59 Å². The van der Waals surface area contributed by atoms with E-state index in [-0.39, 0.29) is 5.76 Å². The minimum absolute atomic E-state index is 0.157. The molecule has 3 aromatic rings. The van der Waals surface area contributed by atoms with E-state index >= 15 is 0 Å². The summed E-state index contributed by atoms with van der Waals surface area (Å²) >= 11 is 1.43. The summed E-state index contributed by atoms with van der Waals surface area (Å²) < 4.78 is 11.0. The quantitative estimate of drug-likeness (QED) is 0.711. The zero-order chi connectivity index (χ0) is 19.1. The van der Waals surface area contributed by atoms with Crippen LogP contribution in [0.1, 0.15) is 44.7 Å². The number of hydrogen-bond acceptors (Lipinski definition) is 5. The van der Waals surface area contributed by atoms with E-state index in [1.807, 2.05) is 12.1 Å². The third-order valence-electron chi connectivity index (χ3n) is 4.94. The van der Waals surface area contributed by atoms with Crippen molar-refractivity contribution in [2.75, 3.05) is 12.4 Å². The van der Waals surface area contributed by atoms with E-state index in [2.05, 4.69) is 12.2 Å². The Morgan fingerprint density at radius 2 is 2.19 bits per heavy atom. The number of carbonyl (C=O) groups is 2. The summed E-state index contributed by atoms with van der Waals surface area (Å²) in [7, 11) is 1.55. The van der Waals surface area contributed by atoms with Crippen LogP contribution in [-0.2, 0) is 12.8 Å². The van der Waals surface area contributed by atoms with Crippen LogP contribution in [0.25, 0.3) is 11.0 Å². The summed E-state index contributed by atoms with van der Waals surface area (Å²) in [4.78, 5) is 25.9. The molecular formula is C20H20N2O4S. The fourth-order valence-corrected chi connectivity index (χ4v) is 4.98. The smallest absolute Gasteiger partial charge is 0.292 e. The van der Waals surface area contributed by atoms with Crippen molar-refractivity contribution in [3.63, 3.8) is 0 Å². The van der Waals surface area contributed by atoms with Crippen molar-refractivity contribution < 1.29 is 18.7 Å². The van der Waals surface area contributed by atoms with Gasteiger partial charge in [0, 0.05) is 10.3 Å². The molecule has 0 spiro atoms. The monoisotopic (exact) mass is 384 g/mol. The SMILES string of the molecule is COc1cccc2cc(C(=O)Nc3sc4c(c3C(N)=O)CC[C@@H](C)C4)oc12. The van der Waals surface area contributed by atoms with Gasteiger partial charge in [-0.15, -0.1) is 11.3 Å². The average molecular weight is 384 g/mol. The van der Waals surface area contributed by atoms with Crippen LogP contribution in [0.3, 0.4) is 0 Å². The van der Waals surface area contributed by atoms with Gasteiger partial charge in [-0.25, -0.2) is 0 Å². The third kappa shape index (κ3) is 3.08. The maximum absolute atomic E-state index is 12.7. The van der Waals surface area contributed by atoms with Crippen molar-refractivity contribution >= 4 is 39.1 Å². The Balaban J connectivity index is 1.68. The Bertz CT molecular complexity index is 1050. The average Bonchev–Trinajstić information content (AvgIpc) is 3.21. The summed E-state index contributed by atoms with van der Waals surface area (Å²) in [6.45, 7) is 2.19. The molecule has 27 heavy (non-hydrogen) atoms. The number of amides is 2. The molecule has 1 atom stereocenters. The summed E-state index contributed by atoms with van der Waals surface area (Å²) in [5, 5.41) is 4.09. The summed E-state index contributed by atoms with van der Waals surface area (Å²) in [6.07, 6.45) is 2.72. The van der Waals surface area contributed by atoms with E-state index in [0.717, 1.165) is 35.1 Å². The number of primary amides is 1. The maximum Gasteiger partial charge on any atom is 0.292 e. The van der Waals surface area contributed by atoms with E-state index < -0.39 is 11.8 Å². The lowest BCUT2D eigenvalue weighted by molar-refractivity contribution is 0.0999. The van der Waals surface area contributed by atoms with Crippen LogP contribution in [0.15, 0.2) is 28.7 Å². The number of hydrogen-bond donors (Lipinski definition) is 2.